The van der Waals surface area contributed by atoms with Gasteiger partial charge in [-0.3, -0.25) is 0 Å². The van der Waals surface area contributed by atoms with E-state index >= 15 is 0 Å². The summed E-state index contributed by atoms with van der Waals surface area (Å²) >= 11 is 0. The van der Waals surface area contributed by atoms with Crippen molar-refractivity contribution >= 4 is 0 Å². The summed E-state index contributed by atoms with van der Waals surface area (Å²) in [5.41, 5.74) is 0.333. The van der Waals surface area contributed by atoms with Gasteiger partial charge in [0.15, 0.2) is 0 Å². The summed E-state index contributed by atoms with van der Waals surface area (Å²) in [6.45, 7) is 0. The molecule has 18 heavy (non-hydrogen) atoms. The van der Waals surface area contributed by atoms with Crippen molar-refractivity contribution in [3.63, 3.8) is 0 Å². The minimum absolute atomic E-state index is 0.333. The first kappa shape index (κ1) is 15.5. The third kappa shape index (κ3) is 3.73. The molecule has 2 heteroatoms. The molecule has 1 N–H and O–H groups in total. The number of unbranched alkanes of at least 4 members (excludes halogenated alkanes) is 1. The third-order valence-electron chi connectivity index (χ3n) is 4.67. The lowest BCUT2D eigenvalue weighted by atomic mass is 9.79. The van der Waals surface area contributed by atoms with Crippen molar-refractivity contribution in [2.45, 2.75) is 69.4 Å². The average Bonchev–Trinajstić information content (AvgIpc) is 2.61. The standard InChI is InChI=1S/C16H30N2/c1-5-6-9-12-15(17-2)16(18(3)4)13-10-7-8-11-14-16/h1,15,17H,6-14H2,2-4H3. The maximum Gasteiger partial charge on any atom is 0.0356 e. The Morgan fingerprint density at radius 3 is 2.28 bits per heavy atom. The van der Waals surface area contributed by atoms with Gasteiger partial charge in [-0.1, -0.05) is 25.7 Å². The van der Waals surface area contributed by atoms with Crippen LogP contribution in [-0.2, 0) is 0 Å². The molecule has 1 aliphatic carbocycles. The van der Waals surface area contributed by atoms with E-state index in [0.717, 1.165) is 12.8 Å². The van der Waals surface area contributed by atoms with E-state index in [-0.39, 0.29) is 0 Å². The quantitative estimate of drug-likeness (QED) is 0.443. The van der Waals surface area contributed by atoms with Crippen molar-refractivity contribution in [2.75, 3.05) is 21.1 Å². The zero-order chi connectivity index (χ0) is 13.4. The number of terminal acetylenes is 1. The molecule has 0 amide bonds. The van der Waals surface area contributed by atoms with Crippen LogP contribution < -0.4 is 5.32 Å². The first-order valence-electron chi connectivity index (χ1n) is 7.45. The summed E-state index contributed by atoms with van der Waals surface area (Å²) in [7, 11) is 6.60. The first-order valence-corrected chi connectivity index (χ1v) is 7.45. The highest BCUT2D eigenvalue weighted by atomic mass is 15.2. The van der Waals surface area contributed by atoms with Gasteiger partial charge >= 0.3 is 0 Å². The summed E-state index contributed by atoms with van der Waals surface area (Å²) in [6, 6.07) is 0.568. The lowest BCUT2D eigenvalue weighted by molar-refractivity contribution is 0.0789. The maximum atomic E-state index is 5.37. The van der Waals surface area contributed by atoms with Crippen molar-refractivity contribution in [3.05, 3.63) is 0 Å². The molecule has 0 aromatic rings. The van der Waals surface area contributed by atoms with E-state index in [2.05, 4.69) is 37.3 Å². The Morgan fingerprint density at radius 1 is 1.22 bits per heavy atom. The second-order valence-electron chi connectivity index (χ2n) is 5.85. The molecule has 0 aromatic heterocycles. The largest absolute Gasteiger partial charge is 0.315 e. The van der Waals surface area contributed by atoms with Crippen LogP contribution in [0.4, 0.5) is 0 Å². The molecule has 0 bridgehead atoms. The molecular formula is C16H30N2. The summed E-state index contributed by atoms with van der Waals surface area (Å²) in [4.78, 5) is 2.47. The Hall–Kier alpha value is -0.520. The van der Waals surface area contributed by atoms with Gasteiger partial charge in [-0.2, -0.15) is 0 Å². The maximum absolute atomic E-state index is 5.37. The lowest BCUT2D eigenvalue weighted by Crippen LogP contribution is -2.58. The van der Waals surface area contributed by atoms with E-state index in [1.54, 1.807) is 0 Å². The summed E-state index contributed by atoms with van der Waals surface area (Å²) in [5, 5.41) is 3.57. The SMILES string of the molecule is C#CCCCC(NC)C1(N(C)C)CCCCCC1. The van der Waals surface area contributed by atoms with Gasteiger partial charge in [0.25, 0.3) is 0 Å². The van der Waals surface area contributed by atoms with Crippen LogP contribution in [-0.4, -0.2) is 37.6 Å². The fourth-order valence-electron chi connectivity index (χ4n) is 3.54. The highest BCUT2D eigenvalue weighted by molar-refractivity contribution is 4.99. The number of rotatable bonds is 6. The highest BCUT2D eigenvalue weighted by Gasteiger charge is 2.39. The number of nitrogens with one attached hydrogen (secondary N) is 1. The van der Waals surface area contributed by atoms with Crippen LogP contribution in [0, 0.1) is 12.3 Å². The van der Waals surface area contributed by atoms with E-state index in [1.807, 2.05) is 0 Å². The van der Waals surface area contributed by atoms with Crippen LogP contribution in [0.5, 0.6) is 0 Å². The predicted molar refractivity (Wildman–Crippen MR) is 79.7 cm³/mol. The van der Waals surface area contributed by atoms with Crippen LogP contribution in [0.15, 0.2) is 0 Å². The molecule has 0 heterocycles. The molecule has 0 aliphatic heterocycles. The van der Waals surface area contributed by atoms with E-state index < -0.39 is 0 Å². The number of hydrogen-bond acceptors (Lipinski definition) is 2. The molecule has 1 unspecified atom stereocenters. The fourth-order valence-corrected chi connectivity index (χ4v) is 3.54. The van der Waals surface area contributed by atoms with Crippen molar-refractivity contribution in [2.24, 2.45) is 0 Å². The van der Waals surface area contributed by atoms with E-state index in [1.165, 1.54) is 44.9 Å². The Kier molecular flexibility index (Phi) is 6.75. The average molecular weight is 250 g/mol. The van der Waals surface area contributed by atoms with Gasteiger partial charge in [0.1, 0.15) is 0 Å². The molecule has 1 rings (SSSR count). The molecule has 2 nitrogen and oxygen atoms in total. The number of likely N-dealkylation sites (N-methyl/N-ethyl adjacent to an activating group) is 2. The zero-order valence-corrected chi connectivity index (χ0v) is 12.5. The third-order valence-corrected chi connectivity index (χ3v) is 4.67. The molecule has 0 radical (unpaired) electrons. The van der Waals surface area contributed by atoms with Gasteiger partial charge in [0, 0.05) is 18.0 Å². The van der Waals surface area contributed by atoms with E-state index in [9.17, 15) is 0 Å². The van der Waals surface area contributed by atoms with Crippen LogP contribution in [0.2, 0.25) is 0 Å². The highest BCUT2D eigenvalue weighted by Crippen LogP contribution is 2.35. The predicted octanol–water partition coefficient (Wildman–Crippen LogP) is 3.03. The monoisotopic (exact) mass is 250 g/mol. The summed E-state index contributed by atoms with van der Waals surface area (Å²) < 4.78 is 0. The van der Waals surface area contributed by atoms with Gasteiger partial charge in [-0.25, -0.2) is 0 Å². The minimum atomic E-state index is 0.333. The van der Waals surface area contributed by atoms with Crippen LogP contribution >= 0.6 is 0 Å². The molecule has 0 saturated heterocycles. The molecule has 1 atom stereocenters. The molecule has 1 aliphatic rings. The zero-order valence-electron chi connectivity index (χ0n) is 12.5. The van der Waals surface area contributed by atoms with E-state index in [0.29, 0.717) is 11.6 Å². The normalized spacial score (nSPS) is 21.3. The smallest absolute Gasteiger partial charge is 0.0356 e. The van der Waals surface area contributed by atoms with Crippen molar-refractivity contribution < 1.29 is 0 Å². The second kappa shape index (κ2) is 7.81. The van der Waals surface area contributed by atoms with Gasteiger partial charge < -0.3 is 10.2 Å². The van der Waals surface area contributed by atoms with E-state index in [4.69, 9.17) is 6.42 Å². The molecule has 1 fully saturated rings. The van der Waals surface area contributed by atoms with Crippen molar-refractivity contribution in [1.29, 1.82) is 0 Å². The van der Waals surface area contributed by atoms with Gasteiger partial charge in [0.2, 0.25) is 0 Å². The number of nitrogens with zero attached hydrogens (tertiary/aromatic N) is 1. The first-order chi connectivity index (χ1) is 8.67. The van der Waals surface area contributed by atoms with Gasteiger partial charge in [-0.05, 0) is 46.8 Å². The topological polar surface area (TPSA) is 15.3 Å². The summed E-state index contributed by atoms with van der Waals surface area (Å²) in [6.07, 6.45) is 16.8. The van der Waals surface area contributed by atoms with Crippen molar-refractivity contribution in [3.8, 4) is 12.3 Å². The van der Waals surface area contributed by atoms with Crippen LogP contribution in [0.3, 0.4) is 0 Å². The number of hydrogen-bond donors (Lipinski definition) is 1. The molecular weight excluding hydrogens is 220 g/mol. The molecule has 1 saturated carbocycles. The van der Waals surface area contributed by atoms with Gasteiger partial charge in [0.05, 0.1) is 0 Å². The van der Waals surface area contributed by atoms with Crippen LogP contribution in [0.25, 0.3) is 0 Å². The van der Waals surface area contributed by atoms with Crippen molar-refractivity contribution in [1.82, 2.24) is 10.2 Å². The second-order valence-corrected chi connectivity index (χ2v) is 5.85. The Labute approximate surface area is 114 Å². The minimum Gasteiger partial charge on any atom is -0.315 e. The molecule has 104 valence electrons. The summed E-state index contributed by atoms with van der Waals surface area (Å²) in [5.74, 6) is 2.76. The lowest BCUT2D eigenvalue weighted by Gasteiger charge is -2.46. The Bertz CT molecular complexity index is 257. The van der Waals surface area contributed by atoms with Crippen LogP contribution in [0.1, 0.15) is 57.8 Å². The molecule has 0 aromatic carbocycles. The molecule has 0 spiro atoms. The fraction of sp³-hybridized carbons (Fsp3) is 0.875. The Balaban J connectivity index is 2.75. The Morgan fingerprint density at radius 2 is 1.83 bits per heavy atom. The van der Waals surface area contributed by atoms with Gasteiger partial charge in [-0.15, -0.1) is 12.3 Å².